The van der Waals surface area contributed by atoms with Gasteiger partial charge in [-0.2, -0.15) is 0 Å². The van der Waals surface area contributed by atoms with Crippen LogP contribution in [-0.4, -0.2) is 18.0 Å². The van der Waals surface area contributed by atoms with Crippen LogP contribution in [0.15, 0.2) is 33.2 Å². The van der Waals surface area contributed by atoms with Crippen LogP contribution in [0, 0.1) is 0 Å². The van der Waals surface area contributed by atoms with Gasteiger partial charge in [-0.1, -0.05) is 0 Å². The van der Waals surface area contributed by atoms with Gasteiger partial charge in [-0.25, -0.2) is 4.98 Å². The molecular weight excluding hydrogens is 351 g/mol. The monoisotopic (exact) mass is 364 g/mol. The molecule has 17 heavy (non-hydrogen) atoms. The molecule has 0 aliphatic rings. The highest BCUT2D eigenvalue weighted by molar-refractivity contribution is 14.0. The first-order chi connectivity index (χ1) is 7.79. The van der Waals surface area contributed by atoms with E-state index in [4.69, 9.17) is 10.2 Å². The number of aliphatic imine (C=N–C) groups is 1. The molecule has 0 saturated heterocycles. The van der Waals surface area contributed by atoms with Gasteiger partial charge in [0.15, 0.2) is 16.7 Å². The topological polar surface area (TPSA) is 76.4 Å². The minimum absolute atomic E-state index is 0. The molecule has 0 aliphatic carbocycles. The Hall–Kier alpha value is -1.09. The molecule has 0 unspecified atom stereocenters. The first-order valence-corrected chi connectivity index (χ1v) is 5.62. The number of nitrogens with zero attached hydrogens (tertiary/aromatic N) is 2. The van der Waals surface area contributed by atoms with Gasteiger partial charge in [-0.3, -0.25) is 4.99 Å². The number of hydrogen-bond donors (Lipinski definition) is 2. The van der Waals surface area contributed by atoms with E-state index >= 15 is 0 Å². The van der Waals surface area contributed by atoms with Gasteiger partial charge in [0.2, 0.25) is 0 Å². The van der Waals surface area contributed by atoms with Crippen molar-refractivity contribution in [1.29, 1.82) is 0 Å². The van der Waals surface area contributed by atoms with E-state index in [1.807, 2.05) is 17.5 Å². The van der Waals surface area contributed by atoms with Crippen LogP contribution in [0.25, 0.3) is 10.8 Å². The van der Waals surface area contributed by atoms with Crippen LogP contribution < -0.4 is 11.1 Å². The predicted octanol–water partition coefficient (Wildman–Crippen LogP) is 2.06. The molecule has 0 bridgehead atoms. The van der Waals surface area contributed by atoms with Crippen LogP contribution in [0.4, 0.5) is 0 Å². The molecule has 7 heteroatoms. The smallest absolute Gasteiger partial charge is 0.188 e. The third-order valence-electron chi connectivity index (χ3n) is 1.98. The molecule has 2 aromatic heterocycles. The van der Waals surface area contributed by atoms with Gasteiger partial charge in [0.05, 0.1) is 18.5 Å². The number of nitrogens with one attached hydrogen (secondary N) is 1. The number of hydrogen-bond acceptors (Lipinski definition) is 4. The lowest BCUT2D eigenvalue weighted by Gasteiger charge is -2.00. The Morgan fingerprint density at radius 2 is 2.47 bits per heavy atom. The van der Waals surface area contributed by atoms with Crippen molar-refractivity contribution in [2.75, 3.05) is 7.05 Å². The van der Waals surface area contributed by atoms with E-state index < -0.39 is 0 Å². The lowest BCUT2D eigenvalue weighted by molar-refractivity contribution is 0.581. The number of rotatable bonds is 3. The van der Waals surface area contributed by atoms with E-state index in [9.17, 15) is 0 Å². The fourth-order valence-electron chi connectivity index (χ4n) is 1.16. The molecule has 0 radical (unpaired) electrons. The fraction of sp³-hybridized carbons (Fsp3) is 0.200. The van der Waals surface area contributed by atoms with Crippen molar-refractivity contribution < 1.29 is 4.42 Å². The summed E-state index contributed by atoms with van der Waals surface area (Å²) in [4.78, 5) is 8.21. The summed E-state index contributed by atoms with van der Waals surface area (Å²) in [6, 6.07) is 3.73. The van der Waals surface area contributed by atoms with Gasteiger partial charge in [-0.15, -0.1) is 35.3 Å². The minimum atomic E-state index is 0. The first kappa shape index (κ1) is 14.0. The minimum Gasteiger partial charge on any atom is -0.462 e. The lowest BCUT2D eigenvalue weighted by Crippen LogP contribution is -2.30. The molecule has 0 aliphatic heterocycles. The highest BCUT2D eigenvalue weighted by Crippen LogP contribution is 2.23. The summed E-state index contributed by atoms with van der Waals surface area (Å²) in [5, 5.41) is 5.78. The van der Waals surface area contributed by atoms with Crippen LogP contribution in [-0.2, 0) is 6.54 Å². The second-order valence-corrected chi connectivity index (χ2v) is 3.94. The number of thiazole rings is 1. The molecule has 5 nitrogen and oxygen atoms in total. The quantitative estimate of drug-likeness (QED) is 0.497. The van der Waals surface area contributed by atoms with E-state index in [1.54, 1.807) is 24.6 Å². The third-order valence-corrected chi connectivity index (χ3v) is 2.88. The Morgan fingerprint density at radius 1 is 1.65 bits per heavy atom. The number of guanidine groups is 1. The molecule has 0 atom stereocenters. The highest BCUT2D eigenvalue weighted by atomic mass is 127. The summed E-state index contributed by atoms with van der Waals surface area (Å²) in [5.41, 5.74) is 6.44. The zero-order chi connectivity index (χ0) is 11.4. The van der Waals surface area contributed by atoms with Crippen molar-refractivity contribution in [1.82, 2.24) is 10.3 Å². The standard InChI is InChI=1S/C10H12N4OS.HI/c1-12-10(11)13-5-7-6-16-9(14-7)8-3-2-4-15-8;/h2-4,6H,5H2,1H3,(H3,11,12,13);1H. The van der Waals surface area contributed by atoms with Crippen LogP contribution >= 0.6 is 35.3 Å². The van der Waals surface area contributed by atoms with Crippen molar-refractivity contribution >= 4 is 41.3 Å². The van der Waals surface area contributed by atoms with Crippen LogP contribution in [0.1, 0.15) is 5.69 Å². The maximum absolute atomic E-state index is 5.52. The van der Waals surface area contributed by atoms with E-state index in [1.165, 1.54) is 0 Å². The summed E-state index contributed by atoms with van der Waals surface area (Å²) in [7, 11) is 1.64. The summed E-state index contributed by atoms with van der Waals surface area (Å²) in [5.74, 6) is 1.20. The Labute approximate surface area is 120 Å². The Bertz CT molecular complexity index is 480. The number of halogens is 1. The molecule has 3 N–H and O–H groups in total. The summed E-state index contributed by atoms with van der Waals surface area (Å²) < 4.78 is 5.26. The van der Waals surface area contributed by atoms with Crippen molar-refractivity contribution in [3.05, 3.63) is 29.5 Å². The molecule has 0 spiro atoms. The largest absolute Gasteiger partial charge is 0.462 e. The average Bonchev–Trinajstić information content (AvgIpc) is 2.95. The van der Waals surface area contributed by atoms with Gasteiger partial charge in [0.25, 0.3) is 0 Å². The van der Waals surface area contributed by atoms with Crippen LogP contribution in [0.5, 0.6) is 0 Å². The zero-order valence-corrected chi connectivity index (χ0v) is 12.4. The van der Waals surface area contributed by atoms with Crippen LogP contribution in [0.2, 0.25) is 0 Å². The Morgan fingerprint density at radius 3 is 3.12 bits per heavy atom. The molecule has 0 aromatic carbocycles. The summed E-state index contributed by atoms with van der Waals surface area (Å²) in [6.45, 7) is 0.570. The normalized spacial score (nSPS) is 11.0. The molecule has 0 fully saturated rings. The number of aromatic nitrogens is 1. The van der Waals surface area contributed by atoms with Gasteiger partial charge in [-0.05, 0) is 12.1 Å². The van der Waals surface area contributed by atoms with E-state index in [0.717, 1.165) is 16.5 Å². The molecule has 2 aromatic rings. The van der Waals surface area contributed by atoms with Crippen molar-refractivity contribution in [2.24, 2.45) is 10.7 Å². The second kappa shape index (κ2) is 6.60. The zero-order valence-electron chi connectivity index (χ0n) is 9.21. The Balaban J connectivity index is 0.00000144. The first-order valence-electron chi connectivity index (χ1n) is 4.74. The third kappa shape index (κ3) is 3.70. The van der Waals surface area contributed by atoms with Crippen molar-refractivity contribution in [3.63, 3.8) is 0 Å². The molecule has 2 heterocycles. The van der Waals surface area contributed by atoms with Gasteiger partial charge in [0.1, 0.15) is 0 Å². The maximum atomic E-state index is 5.52. The van der Waals surface area contributed by atoms with Crippen LogP contribution in [0.3, 0.4) is 0 Å². The van der Waals surface area contributed by atoms with Gasteiger partial charge >= 0.3 is 0 Å². The number of nitrogens with two attached hydrogens (primary N) is 1. The molecular formula is C10H13IN4OS. The van der Waals surface area contributed by atoms with Crippen molar-refractivity contribution in [3.8, 4) is 10.8 Å². The molecule has 92 valence electrons. The second-order valence-electron chi connectivity index (χ2n) is 3.08. The summed E-state index contributed by atoms with van der Waals surface area (Å²) >= 11 is 1.54. The lowest BCUT2D eigenvalue weighted by atomic mass is 10.4. The van der Waals surface area contributed by atoms with Crippen molar-refractivity contribution in [2.45, 2.75) is 6.54 Å². The molecule has 0 amide bonds. The van der Waals surface area contributed by atoms with E-state index in [0.29, 0.717) is 12.5 Å². The molecule has 0 saturated carbocycles. The van der Waals surface area contributed by atoms with E-state index in [-0.39, 0.29) is 24.0 Å². The fourth-order valence-corrected chi connectivity index (χ4v) is 1.95. The van der Waals surface area contributed by atoms with Gasteiger partial charge < -0.3 is 15.5 Å². The SMILES string of the molecule is CN=C(N)NCc1csc(-c2ccco2)n1.I. The average molecular weight is 364 g/mol. The molecule has 2 rings (SSSR count). The highest BCUT2D eigenvalue weighted by Gasteiger charge is 2.06. The van der Waals surface area contributed by atoms with Gasteiger partial charge in [0, 0.05) is 12.4 Å². The van der Waals surface area contributed by atoms with E-state index in [2.05, 4.69) is 15.3 Å². The number of furan rings is 1. The maximum Gasteiger partial charge on any atom is 0.188 e. The summed E-state index contributed by atoms with van der Waals surface area (Å²) in [6.07, 6.45) is 1.64. The predicted molar refractivity (Wildman–Crippen MR) is 79.6 cm³/mol. The Kier molecular flexibility index (Phi) is 5.42.